The number of hydrogen-bond donors (Lipinski definition) is 3. The summed E-state index contributed by atoms with van der Waals surface area (Å²) in [4.78, 5) is 15.6. The number of carboxylic acid groups (broad SMARTS) is 1. The molecule has 3 aromatic rings. The quantitative estimate of drug-likeness (QED) is 0.338. The minimum Gasteiger partial charge on any atom is -0.481 e. The van der Waals surface area contributed by atoms with Gasteiger partial charge in [0.05, 0.1) is 30.0 Å². The molecule has 0 spiro atoms. The number of imidazole rings is 1. The lowest BCUT2D eigenvalue weighted by atomic mass is 10.0. The Hall–Kier alpha value is -2.71. The van der Waals surface area contributed by atoms with Crippen LogP contribution in [0.5, 0.6) is 0 Å². The Morgan fingerprint density at radius 3 is 2.26 bits per heavy atom. The van der Waals surface area contributed by atoms with Crippen LogP contribution in [-0.2, 0) is 4.79 Å². The molecule has 9 heteroatoms. The predicted molar refractivity (Wildman–Crippen MR) is 131 cm³/mol. The normalized spacial score (nSPS) is 13.5. The number of hydrogen-bond acceptors (Lipinski definition) is 4. The first-order valence-corrected chi connectivity index (χ1v) is 11.4. The van der Waals surface area contributed by atoms with Crippen LogP contribution in [0.3, 0.4) is 0 Å². The maximum atomic E-state index is 13.6. The SMILES string of the molecule is CC(C)c1nc(-c2ccc(F)cc2)c(-c2cc(Cl)cc(Cl)c2)n1/C=C/C(O)CC(O)CC(=O)O. The van der Waals surface area contributed by atoms with Crippen LogP contribution >= 0.6 is 23.2 Å². The number of aromatic nitrogens is 2. The molecule has 0 amide bonds. The van der Waals surface area contributed by atoms with Crippen molar-refractivity contribution in [2.75, 3.05) is 0 Å². The maximum Gasteiger partial charge on any atom is 0.305 e. The van der Waals surface area contributed by atoms with Crippen molar-refractivity contribution in [1.82, 2.24) is 9.55 Å². The third kappa shape index (κ3) is 6.45. The highest BCUT2D eigenvalue weighted by Gasteiger charge is 2.22. The van der Waals surface area contributed by atoms with E-state index in [4.69, 9.17) is 33.3 Å². The molecule has 0 radical (unpaired) electrons. The molecule has 0 bridgehead atoms. The lowest BCUT2D eigenvalue weighted by molar-refractivity contribution is -0.139. The van der Waals surface area contributed by atoms with E-state index in [-0.39, 0.29) is 18.2 Å². The molecular formula is C25H25Cl2FN2O4. The van der Waals surface area contributed by atoms with Crippen molar-refractivity contribution in [2.45, 2.75) is 44.8 Å². The van der Waals surface area contributed by atoms with Gasteiger partial charge in [0.15, 0.2) is 0 Å². The van der Waals surface area contributed by atoms with Crippen molar-refractivity contribution in [2.24, 2.45) is 0 Å². The zero-order valence-electron chi connectivity index (χ0n) is 18.6. The Balaban J connectivity index is 2.15. The monoisotopic (exact) mass is 506 g/mol. The minimum atomic E-state index is -1.19. The Labute approximate surface area is 206 Å². The summed E-state index contributed by atoms with van der Waals surface area (Å²) < 4.78 is 15.4. The van der Waals surface area contributed by atoms with Crippen LogP contribution in [0.1, 0.15) is 38.4 Å². The number of carbonyl (C=O) groups is 1. The van der Waals surface area contributed by atoms with E-state index in [9.17, 15) is 19.4 Å². The molecule has 3 rings (SSSR count). The van der Waals surface area contributed by atoms with Gasteiger partial charge < -0.3 is 19.9 Å². The van der Waals surface area contributed by atoms with E-state index >= 15 is 0 Å². The van der Waals surface area contributed by atoms with Gasteiger partial charge in [-0.25, -0.2) is 9.37 Å². The molecule has 1 heterocycles. The molecule has 2 atom stereocenters. The van der Waals surface area contributed by atoms with Gasteiger partial charge >= 0.3 is 5.97 Å². The standard InChI is InChI=1S/C25H25Cl2FN2O4/c1-14(2)25-29-23(15-3-5-19(28)6-4-15)24(16-9-17(26)11-18(27)10-16)30(25)8-7-20(31)12-21(32)13-22(33)34/h3-11,14,20-21,31-32H,12-13H2,1-2H3,(H,33,34)/b8-7+. The molecule has 0 aliphatic heterocycles. The second-order valence-corrected chi connectivity index (χ2v) is 9.13. The number of nitrogens with zero attached hydrogens (tertiary/aromatic N) is 2. The molecule has 3 N–H and O–H groups in total. The Morgan fingerprint density at radius 1 is 1.09 bits per heavy atom. The first kappa shape index (κ1) is 25.9. The van der Waals surface area contributed by atoms with Crippen LogP contribution < -0.4 is 0 Å². The van der Waals surface area contributed by atoms with Gasteiger partial charge in [0.1, 0.15) is 11.6 Å². The summed E-state index contributed by atoms with van der Waals surface area (Å²) in [6, 6.07) is 11.0. The van der Waals surface area contributed by atoms with Crippen LogP contribution in [0.25, 0.3) is 28.7 Å². The molecule has 6 nitrogen and oxygen atoms in total. The highest BCUT2D eigenvalue weighted by Crippen LogP contribution is 2.37. The number of halogens is 3. The van der Waals surface area contributed by atoms with Gasteiger partial charge in [0, 0.05) is 39.7 Å². The van der Waals surface area contributed by atoms with Gasteiger partial charge in [-0.1, -0.05) is 37.0 Å². The summed E-state index contributed by atoms with van der Waals surface area (Å²) in [6.07, 6.45) is 0.194. The van der Waals surface area contributed by atoms with Crippen molar-refractivity contribution in [3.63, 3.8) is 0 Å². The number of aliphatic hydroxyl groups is 2. The van der Waals surface area contributed by atoms with Crippen LogP contribution in [0.2, 0.25) is 10.0 Å². The van der Waals surface area contributed by atoms with Crippen molar-refractivity contribution < 1.29 is 24.5 Å². The zero-order chi connectivity index (χ0) is 25.0. The van der Waals surface area contributed by atoms with E-state index in [1.807, 2.05) is 13.8 Å². The first-order valence-electron chi connectivity index (χ1n) is 10.7. The molecule has 180 valence electrons. The molecular weight excluding hydrogens is 482 g/mol. The fourth-order valence-electron chi connectivity index (χ4n) is 3.61. The average Bonchev–Trinajstić information content (AvgIpc) is 3.11. The Morgan fingerprint density at radius 2 is 1.71 bits per heavy atom. The van der Waals surface area contributed by atoms with Gasteiger partial charge in [-0.15, -0.1) is 0 Å². The highest BCUT2D eigenvalue weighted by atomic mass is 35.5. The number of benzene rings is 2. The van der Waals surface area contributed by atoms with E-state index in [1.165, 1.54) is 18.2 Å². The van der Waals surface area contributed by atoms with Gasteiger partial charge in [-0.2, -0.15) is 0 Å². The number of aliphatic hydroxyl groups excluding tert-OH is 2. The molecule has 0 aliphatic rings. The fraction of sp³-hybridized carbons (Fsp3) is 0.280. The topological polar surface area (TPSA) is 95.6 Å². The van der Waals surface area contributed by atoms with Crippen molar-refractivity contribution in [1.29, 1.82) is 0 Å². The summed E-state index contributed by atoms with van der Waals surface area (Å²) in [7, 11) is 0. The lowest BCUT2D eigenvalue weighted by Gasteiger charge is -2.14. The van der Waals surface area contributed by atoms with Gasteiger partial charge in [-0.05, 0) is 48.5 Å². The molecule has 0 saturated heterocycles. The second kappa shape index (κ2) is 11.1. The van der Waals surface area contributed by atoms with Gasteiger partial charge in [-0.3, -0.25) is 4.79 Å². The Bertz CT molecular complexity index is 1170. The minimum absolute atomic E-state index is 0.0259. The van der Waals surface area contributed by atoms with Crippen LogP contribution in [0, 0.1) is 5.82 Å². The number of rotatable bonds is 9. The van der Waals surface area contributed by atoms with E-state index in [0.29, 0.717) is 38.4 Å². The average molecular weight is 507 g/mol. The molecule has 0 fully saturated rings. The number of aliphatic carboxylic acids is 1. The van der Waals surface area contributed by atoms with E-state index in [2.05, 4.69) is 0 Å². The van der Waals surface area contributed by atoms with Gasteiger partial charge in [0.2, 0.25) is 0 Å². The highest BCUT2D eigenvalue weighted by molar-refractivity contribution is 6.35. The zero-order valence-corrected chi connectivity index (χ0v) is 20.1. The number of carboxylic acids is 1. The largest absolute Gasteiger partial charge is 0.481 e. The van der Waals surface area contributed by atoms with Gasteiger partial charge in [0.25, 0.3) is 0 Å². The third-order valence-corrected chi connectivity index (χ3v) is 5.53. The molecule has 0 saturated carbocycles. The summed E-state index contributed by atoms with van der Waals surface area (Å²) in [5.74, 6) is -0.881. The molecule has 34 heavy (non-hydrogen) atoms. The lowest BCUT2D eigenvalue weighted by Crippen LogP contribution is -2.19. The van der Waals surface area contributed by atoms with Crippen molar-refractivity contribution >= 4 is 35.4 Å². The van der Waals surface area contributed by atoms with Crippen LogP contribution in [0.15, 0.2) is 48.5 Å². The maximum absolute atomic E-state index is 13.6. The predicted octanol–water partition coefficient (Wildman–Crippen LogP) is 5.84. The Kier molecular flexibility index (Phi) is 8.49. The summed E-state index contributed by atoms with van der Waals surface area (Å²) in [5.41, 5.74) is 2.56. The molecule has 2 unspecified atom stereocenters. The summed E-state index contributed by atoms with van der Waals surface area (Å²) >= 11 is 12.5. The second-order valence-electron chi connectivity index (χ2n) is 8.25. The van der Waals surface area contributed by atoms with Crippen LogP contribution in [-0.4, -0.2) is 43.0 Å². The third-order valence-electron chi connectivity index (χ3n) is 5.09. The van der Waals surface area contributed by atoms with Crippen molar-refractivity contribution in [3.05, 3.63) is 70.2 Å². The summed E-state index contributed by atoms with van der Waals surface area (Å²) in [6.45, 7) is 3.92. The van der Waals surface area contributed by atoms with E-state index in [1.54, 1.807) is 41.1 Å². The molecule has 1 aromatic heterocycles. The molecule has 2 aromatic carbocycles. The van der Waals surface area contributed by atoms with E-state index in [0.717, 1.165) is 0 Å². The fourth-order valence-corrected chi connectivity index (χ4v) is 4.14. The summed E-state index contributed by atoms with van der Waals surface area (Å²) in [5, 5.41) is 29.9. The van der Waals surface area contributed by atoms with Crippen molar-refractivity contribution in [3.8, 4) is 22.5 Å². The smallest absolute Gasteiger partial charge is 0.305 e. The van der Waals surface area contributed by atoms with Crippen LogP contribution in [0.4, 0.5) is 4.39 Å². The van der Waals surface area contributed by atoms with E-state index < -0.39 is 24.6 Å². The molecule has 0 aliphatic carbocycles. The first-order chi connectivity index (χ1) is 16.0.